The molecule has 0 saturated carbocycles. The number of aryl methyl sites for hydroxylation is 1. The fourth-order valence-electron chi connectivity index (χ4n) is 3.20. The van der Waals surface area contributed by atoms with Crippen LogP contribution in [0.4, 0.5) is 5.69 Å². The van der Waals surface area contributed by atoms with Gasteiger partial charge in [0.25, 0.3) is 17.7 Å². The summed E-state index contributed by atoms with van der Waals surface area (Å²) in [6.07, 6.45) is 2.99. The Morgan fingerprint density at radius 3 is 2.60 bits per heavy atom. The molecule has 0 radical (unpaired) electrons. The van der Waals surface area contributed by atoms with Crippen LogP contribution < -0.4 is 20.1 Å². The monoisotopic (exact) mass is 605 g/mol. The third-order valence-electron chi connectivity index (χ3n) is 4.82. The highest BCUT2D eigenvalue weighted by Crippen LogP contribution is 2.35. The molecule has 1 aliphatic rings. The molecule has 10 heteroatoms. The predicted molar refractivity (Wildman–Crippen MR) is 146 cm³/mol. The summed E-state index contributed by atoms with van der Waals surface area (Å²) in [5, 5.41) is 5.33. The first-order chi connectivity index (χ1) is 16.7. The summed E-state index contributed by atoms with van der Waals surface area (Å²) >= 11 is 7.14. The smallest absolute Gasteiger partial charge is 0.265 e. The molecular weight excluding hydrogens is 581 g/mol. The minimum Gasteiger partial charge on any atom is -0.490 e. The number of amides is 3. The van der Waals surface area contributed by atoms with Crippen molar-refractivity contribution in [1.82, 2.24) is 10.2 Å². The van der Waals surface area contributed by atoms with Crippen LogP contribution in [0.5, 0.6) is 11.5 Å². The van der Waals surface area contributed by atoms with Crippen molar-refractivity contribution in [1.29, 1.82) is 0 Å². The maximum atomic E-state index is 12.8. The number of rotatable bonds is 9. The fourth-order valence-corrected chi connectivity index (χ4v) is 4.23. The normalized spacial score (nSPS) is 14.5. The average Bonchev–Trinajstić information content (AvgIpc) is 2.80. The number of thiocarbonyl (C=S) groups is 1. The largest absolute Gasteiger partial charge is 0.490 e. The van der Waals surface area contributed by atoms with Crippen LogP contribution in [0.2, 0.25) is 0 Å². The Bertz CT molecular complexity index is 1210. The first-order valence-electron chi connectivity index (χ1n) is 10.7. The van der Waals surface area contributed by atoms with Gasteiger partial charge in [0.2, 0.25) is 0 Å². The third-order valence-corrected chi connectivity index (χ3v) is 5.95. The molecule has 1 heterocycles. The number of hydrogen-bond acceptors (Lipinski definition) is 6. The molecule has 0 aromatic heterocycles. The van der Waals surface area contributed by atoms with E-state index in [0.717, 1.165) is 5.56 Å². The lowest BCUT2D eigenvalue weighted by atomic mass is 10.1. The molecule has 0 atom stereocenters. The van der Waals surface area contributed by atoms with E-state index in [4.69, 9.17) is 21.7 Å². The number of carbonyl (C=O) groups is 3. The molecular formula is C25H24IN3O5S. The molecule has 2 N–H and O–H groups in total. The Balaban J connectivity index is 1.82. The Morgan fingerprint density at radius 2 is 1.94 bits per heavy atom. The zero-order valence-electron chi connectivity index (χ0n) is 19.2. The second kappa shape index (κ2) is 11.9. The number of benzene rings is 2. The highest BCUT2D eigenvalue weighted by molar-refractivity contribution is 14.1. The minimum absolute atomic E-state index is 0.0364. The van der Waals surface area contributed by atoms with Gasteiger partial charge < -0.3 is 14.8 Å². The van der Waals surface area contributed by atoms with Crippen LogP contribution in [-0.2, 0) is 14.4 Å². The van der Waals surface area contributed by atoms with E-state index < -0.39 is 11.8 Å². The number of nitrogens with one attached hydrogen (secondary N) is 2. The van der Waals surface area contributed by atoms with Crippen molar-refractivity contribution in [2.75, 3.05) is 25.1 Å². The van der Waals surface area contributed by atoms with Gasteiger partial charge in [-0.15, -0.1) is 6.58 Å². The molecule has 0 bridgehead atoms. The highest BCUT2D eigenvalue weighted by Gasteiger charge is 2.32. The quantitative estimate of drug-likeness (QED) is 0.148. The summed E-state index contributed by atoms with van der Waals surface area (Å²) in [4.78, 5) is 38.9. The second-order valence-corrected chi connectivity index (χ2v) is 9.04. The van der Waals surface area contributed by atoms with Crippen LogP contribution in [0.1, 0.15) is 18.1 Å². The lowest BCUT2D eigenvalue weighted by molar-refractivity contribution is -0.128. The summed E-state index contributed by atoms with van der Waals surface area (Å²) in [7, 11) is 0. The van der Waals surface area contributed by atoms with Gasteiger partial charge in [-0.3, -0.25) is 24.6 Å². The van der Waals surface area contributed by atoms with Crippen LogP contribution in [0.15, 0.2) is 54.6 Å². The molecule has 0 aliphatic carbocycles. The fraction of sp³-hybridized carbons (Fsp3) is 0.200. The van der Waals surface area contributed by atoms with Gasteiger partial charge in [0.1, 0.15) is 5.57 Å². The molecule has 0 unspecified atom stereocenters. The van der Waals surface area contributed by atoms with E-state index in [1.165, 1.54) is 17.1 Å². The number of anilines is 1. The van der Waals surface area contributed by atoms with Crippen LogP contribution in [0, 0.1) is 10.5 Å². The van der Waals surface area contributed by atoms with Gasteiger partial charge in [-0.2, -0.15) is 0 Å². The summed E-state index contributed by atoms with van der Waals surface area (Å²) in [5.74, 6) is -0.638. The van der Waals surface area contributed by atoms with E-state index in [2.05, 4.69) is 39.8 Å². The number of carbonyl (C=O) groups excluding carboxylic acids is 3. The molecule has 8 nitrogen and oxygen atoms in total. The minimum atomic E-state index is -0.582. The Kier molecular flexibility index (Phi) is 8.99. The summed E-state index contributed by atoms with van der Waals surface area (Å²) in [5.41, 5.74) is 2.25. The molecule has 1 fully saturated rings. The van der Waals surface area contributed by atoms with E-state index in [-0.39, 0.29) is 29.7 Å². The Hall–Kier alpha value is -3.25. The van der Waals surface area contributed by atoms with Gasteiger partial charge in [-0.25, -0.2) is 0 Å². The average molecular weight is 605 g/mol. The second-order valence-electron chi connectivity index (χ2n) is 7.49. The van der Waals surface area contributed by atoms with E-state index >= 15 is 0 Å². The number of nitrogens with zero attached hydrogens (tertiary/aromatic N) is 1. The van der Waals surface area contributed by atoms with Crippen LogP contribution in [0.25, 0.3) is 6.08 Å². The zero-order chi connectivity index (χ0) is 25.5. The summed E-state index contributed by atoms with van der Waals surface area (Å²) < 4.78 is 12.1. The van der Waals surface area contributed by atoms with Crippen molar-refractivity contribution in [2.24, 2.45) is 0 Å². The lowest BCUT2D eigenvalue weighted by Gasteiger charge is -2.27. The van der Waals surface area contributed by atoms with Gasteiger partial charge in [-0.1, -0.05) is 23.8 Å². The lowest BCUT2D eigenvalue weighted by Crippen LogP contribution is -2.53. The molecule has 1 aliphatic heterocycles. The number of hydrogen-bond donors (Lipinski definition) is 2. The van der Waals surface area contributed by atoms with E-state index in [9.17, 15) is 14.4 Å². The van der Waals surface area contributed by atoms with Crippen LogP contribution in [-0.4, -0.2) is 47.5 Å². The first-order valence-corrected chi connectivity index (χ1v) is 12.2. The molecule has 1 saturated heterocycles. The maximum absolute atomic E-state index is 12.8. The van der Waals surface area contributed by atoms with E-state index in [0.29, 0.717) is 32.9 Å². The van der Waals surface area contributed by atoms with Crippen LogP contribution >= 0.6 is 34.8 Å². The van der Waals surface area contributed by atoms with Crippen molar-refractivity contribution in [2.45, 2.75) is 13.8 Å². The number of ether oxygens (including phenoxy) is 2. The first kappa shape index (κ1) is 26.4. The number of halogens is 1. The Labute approximate surface area is 222 Å². The SMILES string of the molecule is C=CCN1C(=O)/C(=C/c2cc(I)c(OCC(=O)Nc3ccc(C)cc3)c(OCC)c2)C(=O)NC1=S. The van der Waals surface area contributed by atoms with Gasteiger partial charge in [0.05, 0.1) is 10.2 Å². The van der Waals surface area contributed by atoms with E-state index in [1.54, 1.807) is 12.1 Å². The molecule has 2 aromatic rings. The van der Waals surface area contributed by atoms with Crippen LogP contribution in [0.3, 0.4) is 0 Å². The standard InChI is InChI=1S/C25H24IN3O5S/c1-4-10-29-24(32)18(23(31)28-25(29)35)11-16-12-19(26)22(20(13-16)33-5-2)34-14-21(30)27-17-8-6-15(3)7-9-17/h4,6-9,11-13H,1,5,10,14H2,2-3H3,(H,27,30)(H,28,31,35)/b18-11+. The molecule has 3 amide bonds. The van der Waals surface area contributed by atoms with Crippen molar-refractivity contribution in [3.05, 3.63) is 69.3 Å². The van der Waals surface area contributed by atoms with Gasteiger partial charge >= 0.3 is 0 Å². The summed E-state index contributed by atoms with van der Waals surface area (Å²) in [6, 6.07) is 10.8. The molecule has 0 spiro atoms. The van der Waals surface area contributed by atoms with Gasteiger partial charge in [0.15, 0.2) is 23.2 Å². The maximum Gasteiger partial charge on any atom is 0.265 e. The van der Waals surface area contributed by atoms with Crippen molar-refractivity contribution in [3.63, 3.8) is 0 Å². The highest BCUT2D eigenvalue weighted by atomic mass is 127. The van der Waals surface area contributed by atoms with E-state index in [1.807, 2.05) is 38.1 Å². The van der Waals surface area contributed by atoms with Crippen molar-refractivity contribution in [3.8, 4) is 11.5 Å². The molecule has 3 rings (SSSR count). The van der Waals surface area contributed by atoms with Gasteiger partial charge in [-0.05, 0) is 84.6 Å². The predicted octanol–water partition coefficient (Wildman–Crippen LogP) is 3.83. The Morgan fingerprint density at radius 1 is 1.23 bits per heavy atom. The van der Waals surface area contributed by atoms with Gasteiger partial charge in [0, 0.05) is 12.2 Å². The zero-order valence-corrected chi connectivity index (χ0v) is 22.2. The molecule has 182 valence electrons. The molecule has 2 aromatic carbocycles. The topological polar surface area (TPSA) is 97.0 Å². The summed E-state index contributed by atoms with van der Waals surface area (Å²) in [6.45, 7) is 7.70. The van der Waals surface area contributed by atoms with Crippen molar-refractivity contribution < 1.29 is 23.9 Å². The molecule has 35 heavy (non-hydrogen) atoms. The third kappa shape index (κ3) is 6.67. The van der Waals surface area contributed by atoms with Crippen molar-refractivity contribution >= 4 is 69.4 Å².